The maximum Gasteiger partial charge on any atom is 0.255 e. The Balaban J connectivity index is 1.82. The first kappa shape index (κ1) is 23.1. The molecule has 0 radical (unpaired) electrons. The average Bonchev–Trinajstić information content (AvgIpc) is 2.74. The van der Waals surface area contributed by atoms with Crippen LogP contribution < -0.4 is 9.62 Å². The van der Waals surface area contributed by atoms with Crippen molar-refractivity contribution in [1.29, 1.82) is 0 Å². The highest BCUT2D eigenvalue weighted by Crippen LogP contribution is 2.26. The van der Waals surface area contributed by atoms with Crippen molar-refractivity contribution in [3.05, 3.63) is 58.6 Å². The second-order valence-electron chi connectivity index (χ2n) is 7.65. The molecule has 2 amide bonds. The third-order valence-electron chi connectivity index (χ3n) is 5.20. The summed E-state index contributed by atoms with van der Waals surface area (Å²) < 4.78 is 25.8. The molecule has 31 heavy (non-hydrogen) atoms. The molecule has 1 aliphatic rings. The highest BCUT2D eigenvalue weighted by Gasteiger charge is 2.25. The van der Waals surface area contributed by atoms with Gasteiger partial charge in [0, 0.05) is 18.1 Å². The fourth-order valence-corrected chi connectivity index (χ4v) is 4.67. The van der Waals surface area contributed by atoms with Crippen molar-refractivity contribution in [2.45, 2.75) is 26.2 Å². The van der Waals surface area contributed by atoms with E-state index in [0.29, 0.717) is 40.6 Å². The largest absolute Gasteiger partial charge is 0.339 e. The van der Waals surface area contributed by atoms with Gasteiger partial charge in [-0.3, -0.25) is 13.9 Å². The van der Waals surface area contributed by atoms with Crippen LogP contribution in [0.4, 0.5) is 11.4 Å². The third kappa shape index (κ3) is 5.77. The number of halogens is 1. The van der Waals surface area contributed by atoms with E-state index in [0.717, 1.165) is 29.8 Å². The third-order valence-corrected chi connectivity index (χ3v) is 6.56. The van der Waals surface area contributed by atoms with Crippen LogP contribution in [0.25, 0.3) is 0 Å². The number of nitrogens with zero attached hydrogens (tertiary/aromatic N) is 2. The Morgan fingerprint density at radius 1 is 1.10 bits per heavy atom. The Bertz CT molecular complexity index is 1080. The molecule has 1 fully saturated rings. The van der Waals surface area contributed by atoms with Crippen molar-refractivity contribution >= 4 is 44.8 Å². The Morgan fingerprint density at radius 3 is 2.45 bits per heavy atom. The summed E-state index contributed by atoms with van der Waals surface area (Å²) in [7, 11) is -3.75. The summed E-state index contributed by atoms with van der Waals surface area (Å²) in [5, 5.41) is 3.08. The first-order valence-corrected chi connectivity index (χ1v) is 12.3. The lowest BCUT2D eigenvalue weighted by Crippen LogP contribution is -2.39. The molecule has 3 rings (SSSR count). The lowest BCUT2D eigenvalue weighted by Gasteiger charge is -2.28. The Kier molecular flexibility index (Phi) is 7.23. The van der Waals surface area contributed by atoms with Crippen LogP contribution in [0.1, 0.15) is 35.2 Å². The van der Waals surface area contributed by atoms with E-state index in [1.54, 1.807) is 48.2 Å². The number of benzene rings is 2. The Morgan fingerprint density at radius 2 is 1.77 bits per heavy atom. The van der Waals surface area contributed by atoms with Crippen LogP contribution in [-0.2, 0) is 14.8 Å². The average molecular weight is 464 g/mol. The predicted molar refractivity (Wildman–Crippen MR) is 123 cm³/mol. The SMILES string of the molecule is Cc1ccc(Cl)cc1N(CC(=O)Nc1ccccc1C(=O)N1CCCCC1)S(C)(=O)=O. The number of carbonyl (C=O) groups is 2. The van der Waals surface area contributed by atoms with Gasteiger partial charge in [-0.1, -0.05) is 29.8 Å². The van der Waals surface area contributed by atoms with Gasteiger partial charge in [0.25, 0.3) is 5.91 Å². The second-order valence-corrected chi connectivity index (χ2v) is 9.99. The zero-order valence-corrected chi connectivity index (χ0v) is 19.2. The molecular formula is C22H26ClN3O4S. The minimum absolute atomic E-state index is 0.138. The second kappa shape index (κ2) is 9.70. The van der Waals surface area contributed by atoms with Crippen LogP contribution in [0.3, 0.4) is 0 Å². The molecule has 2 aromatic carbocycles. The molecule has 0 unspecified atom stereocenters. The molecular weight excluding hydrogens is 438 g/mol. The molecule has 0 atom stereocenters. The molecule has 1 N–H and O–H groups in total. The number of amides is 2. The number of carbonyl (C=O) groups excluding carboxylic acids is 2. The van der Waals surface area contributed by atoms with Gasteiger partial charge in [-0.25, -0.2) is 8.42 Å². The Labute approximate surface area is 188 Å². The van der Waals surface area contributed by atoms with Gasteiger partial charge in [-0.05, 0) is 56.0 Å². The van der Waals surface area contributed by atoms with Gasteiger partial charge >= 0.3 is 0 Å². The smallest absolute Gasteiger partial charge is 0.255 e. The van der Waals surface area contributed by atoms with Gasteiger partial charge in [-0.15, -0.1) is 0 Å². The van der Waals surface area contributed by atoms with E-state index in [4.69, 9.17) is 11.6 Å². The highest BCUT2D eigenvalue weighted by molar-refractivity contribution is 7.92. The molecule has 1 saturated heterocycles. The first-order valence-electron chi connectivity index (χ1n) is 10.1. The van der Waals surface area contributed by atoms with E-state index in [-0.39, 0.29) is 5.91 Å². The fourth-order valence-electron chi connectivity index (χ4n) is 3.60. The van der Waals surface area contributed by atoms with Crippen molar-refractivity contribution in [1.82, 2.24) is 4.90 Å². The molecule has 1 heterocycles. The minimum Gasteiger partial charge on any atom is -0.339 e. The van der Waals surface area contributed by atoms with Crippen molar-refractivity contribution in [2.24, 2.45) is 0 Å². The minimum atomic E-state index is -3.75. The molecule has 9 heteroatoms. The quantitative estimate of drug-likeness (QED) is 0.707. The van der Waals surface area contributed by atoms with E-state index in [9.17, 15) is 18.0 Å². The van der Waals surface area contributed by atoms with E-state index in [1.165, 1.54) is 6.07 Å². The number of rotatable bonds is 6. The summed E-state index contributed by atoms with van der Waals surface area (Å²) in [6.45, 7) is 2.69. The summed E-state index contributed by atoms with van der Waals surface area (Å²) in [4.78, 5) is 27.5. The molecule has 0 aromatic heterocycles. The maximum absolute atomic E-state index is 12.9. The molecule has 0 spiro atoms. The topological polar surface area (TPSA) is 86.8 Å². The summed E-state index contributed by atoms with van der Waals surface area (Å²) in [6, 6.07) is 11.6. The van der Waals surface area contributed by atoms with E-state index < -0.39 is 22.5 Å². The lowest BCUT2D eigenvalue weighted by atomic mass is 10.1. The number of hydrogen-bond acceptors (Lipinski definition) is 4. The number of sulfonamides is 1. The number of anilines is 2. The molecule has 0 aliphatic carbocycles. The summed E-state index contributed by atoms with van der Waals surface area (Å²) >= 11 is 6.04. The van der Waals surface area contributed by atoms with Crippen LogP contribution in [-0.4, -0.2) is 51.0 Å². The fraction of sp³-hybridized carbons (Fsp3) is 0.364. The monoisotopic (exact) mass is 463 g/mol. The predicted octanol–water partition coefficient (Wildman–Crippen LogP) is 3.68. The number of hydrogen-bond donors (Lipinski definition) is 1. The van der Waals surface area contributed by atoms with Gasteiger partial charge in [0.15, 0.2) is 0 Å². The van der Waals surface area contributed by atoms with Crippen LogP contribution in [0.2, 0.25) is 5.02 Å². The number of piperidine rings is 1. The van der Waals surface area contributed by atoms with E-state index in [2.05, 4.69) is 5.32 Å². The van der Waals surface area contributed by atoms with Crippen molar-refractivity contribution in [2.75, 3.05) is 35.5 Å². The molecule has 7 nitrogen and oxygen atoms in total. The molecule has 0 bridgehead atoms. The number of para-hydroxylation sites is 1. The van der Waals surface area contributed by atoms with Crippen molar-refractivity contribution in [3.8, 4) is 0 Å². The maximum atomic E-state index is 12.9. The van der Waals surface area contributed by atoms with Gasteiger partial charge in [0.05, 0.1) is 23.2 Å². The van der Waals surface area contributed by atoms with Gasteiger partial charge < -0.3 is 10.2 Å². The van der Waals surface area contributed by atoms with Crippen LogP contribution in [0, 0.1) is 6.92 Å². The molecule has 166 valence electrons. The zero-order valence-electron chi connectivity index (χ0n) is 17.6. The standard InChI is InChI=1S/C22H26ClN3O4S/c1-16-10-11-17(23)14-20(16)26(31(2,29)30)15-21(27)24-19-9-5-4-8-18(19)22(28)25-12-6-3-7-13-25/h4-5,8-11,14H,3,6-7,12-13,15H2,1-2H3,(H,24,27). The zero-order chi connectivity index (χ0) is 22.6. The van der Waals surface area contributed by atoms with Crippen LogP contribution in [0.5, 0.6) is 0 Å². The molecule has 2 aromatic rings. The van der Waals surface area contributed by atoms with Crippen molar-refractivity contribution < 1.29 is 18.0 Å². The number of nitrogens with one attached hydrogen (secondary N) is 1. The van der Waals surface area contributed by atoms with E-state index in [1.807, 2.05) is 0 Å². The normalized spacial score (nSPS) is 14.2. The Hall–Kier alpha value is -2.58. The number of likely N-dealkylation sites (tertiary alicyclic amines) is 1. The lowest BCUT2D eigenvalue weighted by molar-refractivity contribution is -0.114. The first-order chi connectivity index (χ1) is 14.7. The van der Waals surface area contributed by atoms with Gasteiger partial charge in [0.2, 0.25) is 15.9 Å². The highest BCUT2D eigenvalue weighted by atomic mass is 35.5. The van der Waals surface area contributed by atoms with Gasteiger partial charge in [-0.2, -0.15) is 0 Å². The van der Waals surface area contributed by atoms with Gasteiger partial charge in [0.1, 0.15) is 6.54 Å². The summed E-state index contributed by atoms with van der Waals surface area (Å²) in [6.07, 6.45) is 4.06. The van der Waals surface area contributed by atoms with E-state index >= 15 is 0 Å². The summed E-state index contributed by atoms with van der Waals surface area (Å²) in [5.41, 5.74) is 1.76. The molecule has 0 saturated carbocycles. The summed E-state index contributed by atoms with van der Waals surface area (Å²) in [5.74, 6) is -0.690. The van der Waals surface area contributed by atoms with Crippen LogP contribution in [0.15, 0.2) is 42.5 Å². The number of aryl methyl sites for hydroxylation is 1. The van der Waals surface area contributed by atoms with Crippen LogP contribution >= 0.6 is 11.6 Å². The molecule has 1 aliphatic heterocycles. The van der Waals surface area contributed by atoms with Crippen molar-refractivity contribution in [3.63, 3.8) is 0 Å².